The number of fused-ring (bicyclic) bond motifs is 1. The number of likely N-dealkylation sites (N-methyl/N-ethyl adjacent to an activating group) is 7. The van der Waals surface area contributed by atoms with E-state index in [-0.39, 0.29) is 55.7 Å². The highest BCUT2D eigenvalue weighted by molar-refractivity contribution is 6.20. The first-order chi connectivity index (χ1) is 44.7. The van der Waals surface area contributed by atoms with E-state index in [1.807, 2.05) is 6.92 Å². The molecule has 3 heterocycles. The van der Waals surface area contributed by atoms with Crippen LogP contribution in [0.15, 0.2) is 0 Å². The quantitative estimate of drug-likeness (QED) is 0.279. The summed E-state index contributed by atoms with van der Waals surface area (Å²) in [4.78, 5) is 189. The fraction of sp³-hybridized carbons (Fsp3) is 0.824. The van der Waals surface area contributed by atoms with E-state index in [0.717, 1.165) is 75.5 Å². The van der Waals surface area contributed by atoms with Gasteiger partial charge in [0.1, 0.15) is 47.8 Å². The number of carbonyl (C=O) groups is 12. The van der Waals surface area contributed by atoms with Gasteiger partial charge in [-0.25, -0.2) is 0 Å². The van der Waals surface area contributed by atoms with E-state index in [4.69, 9.17) is 16.3 Å². The second-order valence-electron chi connectivity index (χ2n) is 28.6. The number of ether oxygens (including phenoxy) is 1. The molecule has 7 rings (SSSR count). The van der Waals surface area contributed by atoms with Crippen molar-refractivity contribution in [2.45, 2.75) is 247 Å². The number of rotatable bonds is 9. The van der Waals surface area contributed by atoms with E-state index in [1.54, 1.807) is 18.9 Å². The second kappa shape index (κ2) is 34.7. The van der Waals surface area contributed by atoms with Crippen molar-refractivity contribution in [3.05, 3.63) is 0 Å². The van der Waals surface area contributed by atoms with Gasteiger partial charge in [0.15, 0.2) is 0 Å². The first kappa shape index (κ1) is 75.3. The van der Waals surface area contributed by atoms with Crippen LogP contribution in [0.1, 0.15) is 188 Å². The van der Waals surface area contributed by atoms with E-state index in [2.05, 4.69) is 16.0 Å². The molecule has 3 aliphatic heterocycles. The van der Waals surface area contributed by atoms with Crippen molar-refractivity contribution in [2.24, 2.45) is 17.8 Å². The maximum atomic E-state index is 15.7. The third-order valence-corrected chi connectivity index (χ3v) is 22.3. The van der Waals surface area contributed by atoms with Gasteiger partial charge >= 0.3 is 0 Å². The number of likely N-dealkylation sites (tertiary alicyclic amines) is 1. The van der Waals surface area contributed by atoms with Crippen molar-refractivity contribution in [2.75, 3.05) is 95.2 Å². The average molecular weight is 1340 g/mol. The molecule has 528 valence electrons. The Balaban J connectivity index is 1.24. The average Bonchev–Trinajstić information content (AvgIpc) is 1.15. The Bertz CT molecular complexity index is 2690. The van der Waals surface area contributed by atoms with Crippen LogP contribution < -0.4 is 16.0 Å². The monoisotopic (exact) mass is 1340 g/mol. The highest BCUT2D eigenvalue weighted by atomic mass is 35.5. The third-order valence-electron chi connectivity index (χ3n) is 21.9. The minimum absolute atomic E-state index is 0.0170. The SMILES string of the molecule is CC[C@H](C)[C@@H]1NC(=O)[C@H](C)N(C)C(=O)C[C@@H](C(=O)N2CCCCC2)N(C)C(=O)[C@H](C2CCCCC2)N(C)C(=O)C2(CCCC2)NC(=O)[C@@H]2CCCN2C(=O)[C@H](COC2CCC(Cl)CC2)NC(=O)CN(C)C(=O)[C@H](CC2CCCCC2)N(C)C(=O)CN(C)C(=O)CN(C)C1=O. The summed E-state index contributed by atoms with van der Waals surface area (Å²) >= 11 is 6.46. The summed E-state index contributed by atoms with van der Waals surface area (Å²) in [7, 11) is 10.2. The van der Waals surface area contributed by atoms with E-state index in [0.29, 0.717) is 83.7 Å². The fourth-order valence-corrected chi connectivity index (χ4v) is 15.5. The summed E-state index contributed by atoms with van der Waals surface area (Å²) in [5.74, 6) is -7.65. The highest BCUT2D eigenvalue weighted by Gasteiger charge is 2.51. The molecule has 0 bridgehead atoms. The van der Waals surface area contributed by atoms with Gasteiger partial charge < -0.3 is 64.8 Å². The van der Waals surface area contributed by atoms with Crippen molar-refractivity contribution < 1.29 is 62.3 Å². The van der Waals surface area contributed by atoms with Crippen LogP contribution in [0.2, 0.25) is 0 Å². The smallest absolute Gasteiger partial charge is 0.248 e. The Morgan fingerprint density at radius 2 is 1.18 bits per heavy atom. The Hall–Kier alpha value is -6.11. The topological polar surface area (TPSA) is 279 Å². The molecule has 0 unspecified atom stereocenters. The van der Waals surface area contributed by atoms with Gasteiger partial charge in [-0.3, -0.25) is 57.5 Å². The lowest BCUT2D eigenvalue weighted by molar-refractivity contribution is -0.157. The summed E-state index contributed by atoms with van der Waals surface area (Å²) in [6.07, 6.45) is 15.6. The molecule has 12 amide bonds. The molecule has 94 heavy (non-hydrogen) atoms. The first-order valence-corrected chi connectivity index (χ1v) is 35.7. The number of amides is 12. The highest BCUT2D eigenvalue weighted by Crippen LogP contribution is 2.37. The zero-order chi connectivity index (χ0) is 68.7. The van der Waals surface area contributed by atoms with E-state index in [1.165, 1.54) is 83.5 Å². The Kier molecular flexibility index (Phi) is 27.8. The zero-order valence-electron chi connectivity index (χ0n) is 58.0. The Labute approximate surface area is 562 Å². The summed E-state index contributed by atoms with van der Waals surface area (Å²) in [6.45, 7) is 4.39. The molecule has 25 nitrogen and oxygen atoms in total. The molecule has 7 aliphatic rings. The van der Waals surface area contributed by atoms with E-state index < -0.39 is 151 Å². The minimum atomic E-state index is -1.48. The molecular formula is C68H111ClN12O13. The number of nitrogens with zero attached hydrogens (tertiary/aromatic N) is 9. The molecule has 3 N–H and O–H groups in total. The lowest BCUT2D eigenvalue weighted by Gasteiger charge is -2.43. The lowest BCUT2D eigenvalue weighted by atomic mass is 9.81. The molecular weight excluding hydrogens is 1230 g/mol. The van der Waals surface area contributed by atoms with Gasteiger partial charge in [-0.2, -0.15) is 0 Å². The van der Waals surface area contributed by atoms with E-state index >= 15 is 19.2 Å². The number of hydrogen-bond acceptors (Lipinski definition) is 13. The number of halogens is 1. The van der Waals surface area contributed by atoms with Crippen molar-refractivity contribution in [1.82, 2.24) is 60.0 Å². The zero-order valence-corrected chi connectivity index (χ0v) is 58.7. The van der Waals surface area contributed by atoms with Crippen LogP contribution in [0, 0.1) is 17.8 Å². The van der Waals surface area contributed by atoms with E-state index in [9.17, 15) is 38.4 Å². The lowest BCUT2D eigenvalue weighted by Crippen LogP contribution is -2.65. The maximum absolute atomic E-state index is 15.7. The first-order valence-electron chi connectivity index (χ1n) is 35.2. The van der Waals surface area contributed by atoms with Crippen molar-refractivity contribution in [1.29, 1.82) is 0 Å². The molecule has 0 aromatic heterocycles. The van der Waals surface area contributed by atoms with Gasteiger partial charge in [-0.05, 0) is 115 Å². The maximum Gasteiger partial charge on any atom is 0.248 e. The number of hydrogen-bond donors (Lipinski definition) is 3. The van der Waals surface area contributed by atoms with Crippen LogP contribution in [0.5, 0.6) is 0 Å². The minimum Gasteiger partial charge on any atom is -0.376 e. The largest absolute Gasteiger partial charge is 0.376 e. The molecule has 1 spiro atoms. The summed E-state index contributed by atoms with van der Waals surface area (Å²) in [5.41, 5.74) is -1.48. The van der Waals surface area contributed by atoms with Crippen molar-refractivity contribution in [3.8, 4) is 0 Å². The normalized spacial score (nSPS) is 30.2. The summed E-state index contributed by atoms with van der Waals surface area (Å²) < 4.78 is 6.37. The number of carbonyl (C=O) groups excluding carboxylic acids is 12. The third kappa shape index (κ3) is 18.9. The van der Waals surface area contributed by atoms with Crippen molar-refractivity contribution in [3.63, 3.8) is 0 Å². The standard InChI is InChI=1S/C68H111ClN12O13/c1-11-44(2)58-65(91)75(6)41-56(84)73(4)42-57(85)77(8)52(38-46-24-15-12-16-25-46)63(89)74(5)40-54(82)70-50(43-94-49-31-29-48(69)30-32-49)62(88)81-37-23-28-51(81)61(87)72-68(33-19-20-34-68)67(93)79(10)59(47-26-17-13-18-27-47)66(92)78(9)53(64(90)80-35-21-14-22-36-80)39-55(83)76(7)45(3)60(86)71-58/h44-53,58-59H,11-43H2,1-10H3,(H,70,82)(H,71,86)(H,72,87)/t44-,45-,48?,49?,50-,51-,52-,53-,58-,59-/m0/s1. The van der Waals surface area contributed by atoms with Gasteiger partial charge in [-0.15, -0.1) is 11.6 Å². The molecule has 8 atom stereocenters. The molecule has 0 radical (unpaired) electrons. The van der Waals surface area contributed by atoms with Crippen LogP contribution in [0.25, 0.3) is 0 Å². The molecule has 4 saturated carbocycles. The van der Waals surface area contributed by atoms with Crippen molar-refractivity contribution >= 4 is 82.5 Å². The van der Waals surface area contributed by atoms with Gasteiger partial charge in [0.25, 0.3) is 0 Å². The summed E-state index contributed by atoms with van der Waals surface area (Å²) in [6, 6.07) is -8.20. The fourth-order valence-electron chi connectivity index (χ4n) is 15.3. The Morgan fingerprint density at radius 3 is 1.81 bits per heavy atom. The van der Waals surface area contributed by atoms with Gasteiger partial charge in [0, 0.05) is 74.3 Å². The second-order valence-corrected chi connectivity index (χ2v) is 29.2. The number of piperidine rings is 1. The van der Waals surface area contributed by atoms with Crippen LogP contribution in [0.4, 0.5) is 0 Å². The molecule has 26 heteroatoms. The van der Waals surface area contributed by atoms with Gasteiger partial charge in [0.2, 0.25) is 70.9 Å². The predicted molar refractivity (Wildman–Crippen MR) is 353 cm³/mol. The molecule has 3 saturated heterocycles. The van der Waals surface area contributed by atoms with Crippen LogP contribution in [0.3, 0.4) is 0 Å². The Morgan fingerprint density at radius 1 is 0.585 bits per heavy atom. The predicted octanol–water partition coefficient (Wildman–Crippen LogP) is 3.66. The number of nitrogens with one attached hydrogen (secondary N) is 3. The number of alkyl halides is 1. The van der Waals surface area contributed by atoms with Gasteiger partial charge in [0.05, 0.1) is 38.8 Å². The molecule has 7 fully saturated rings. The molecule has 4 aliphatic carbocycles. The van der Waals surface area contributed by atoms with Gasteiger partial charge in [-0.1, -0.05) is 84.5 Å². The van der Waals surface area contributed by atoms with Crippen LogP contribution >= 0.6 is 11.6 Å². The van der Waals surface area contributed by atoms with Crippen LogP contribution in [-0.4, -0.2) is 270 Å². The molecule has 0 aromatic rings. The summed E-state index contributed by atoms with van der Waals surface area (Å²) in [5, 5.41) is 8.82. The molecule has 0 aromatic carbocycles. The van der Waals surface area contributed by atoms with Crippen LogP contribution in [-0.2, 0) is 62.3 Å².